The molecule has 2 atom stereocenters. The molecular formula is C18H25FN2O. The first-order chi connectivity index (χ1) is 10.5. The number of benzene rings is 1. The van der Waals surface area contributed by atoms with Crippen molar-refractivity contribution in [2.75, 3.05) is 13.1 Å². The predicted octanol–water partition coefficient (Wildman–Crippen LogP) is 2.85. The normalized spacial score (nSPS) is 25.8. The van der Waals surface area contributed by atoms with Gasteiger partial charge in [-0.1, -0.05) is 24.6 Å². The molecule has 1 aromatic rings. The van der Waals surface area contributed by atoms with Crippen molar-refractivity contribution in [3.8, 4) is 0 Å². The zero-order valence-corrected chi connectivity index (χ0v) is 13.4. The van der Waals surface area contributed by atoms with Crippen LogP contribution in [0.4, 0.5) is 4.39 Å². The lowest BCUT2D eigenvalue weighted by atomic mass is 9.82. The number of fused-ring (bicyclic) bond motifs is 1. The maximum Gasteiger partial charge on any atom is 0.230 e. The molecule has 0 aromatic heterocycles. The highest BCUT2D eigenvalue weighted by atomic mass is 19.1. The lowest BCUT2D eigenvalue weighted by Crippen LogP contribution is -2.51. The van der Waals surface area contributed by atoms with E-state index in [2.05, 4.69) is 10.2 Å². The lowest BCUT2D eigenvalue weighted by Gasteiger charge is -2.34. The molecule has 0 bridgehead atoms. The highest BCUT2D eigenvalue weighted by molar-refractivity contribution is 5.87. The zero-order valence-electron chi connectivity index (χ0n) is 13.4. The number of amides is 1. The number of nitrogens with one attached hydrogen (secondary N) is 1. The number of carbonyl (C=O) groups excluding carboxylic acids is 1. The van der Waals surface area contributed by atoms with Gasteiger partial charge in [0, 0.05) is 24.2 Å². The summed E-state index contributed by atoms with van der Waals surface area (Å²) in [5.74, 6) is -0.386. The molecule has 3 rings (SSSR count). The fraction of sp³-hybridized carbons (Fsp3) is 0.611. The standard InChI is InChI=1S/C18H25FN2O/c1-18(2,13-7-3-4-8-14(13)19)17(22)20-15-10-12-21-11-6-5-9-16(15)21/h3-4,7-8,15-16H,5-6,9-12H2,1-2H3,(H,20,22). The maximum atomic E-state index is 14.0. The second-order valence-corrected chi connectivity index (χ2v) is 7.07. The molecule has 0 radical (unpaired) electrons. The first-order valence-corrected chi connectivity index (χ1v) is 8.30. The van der Waals surface area contributed by atoms with Gasteiger partial charge in [0.25, 0.3) is 0 Å². The summed E-state index contributed by atoms with van der Waals surface area (Å²) in [5, 5.41) is 3.20. The van der Waals surface area contributed by atoms with Gasteiger partial charge in [-0.3, -0.25) is 9.69 Å². The number of hydrogen-bond acceptors (Lipinski definition) is 2. The first kappa shape index (κ1) is 15.5. The number of hydrogen-bond donors (Lipinski definition) is 1. The van der Waals surface area contributed by atoms with E-state index in [1.54, 1.807) is 32.0 Å². The summed E-state index contributed by atoms with van der Waals surface area (Å²) in [4.78, 5) is 15.2. The van der Waals surface area contributed by atoms with Crippen molar-refractivity contribution >= 4 is 5.91 Å². The Bertz CT molecular complexity index is 558. The lowest BCUT2D eigenvalue weighted by molar-refractivity contribution is -0.126. The zero-order chi connectivity index (χ0) is 15.7. The third kappa shape index (κ3) is 2.76. The molecule has 0 spiro atoms. The Balaban J connectivity index is 1.72. The average molecular weight is 304 g/mol. The van der Waals surface area contributed by atoms with Gasteiger partial charge in [0.2, 0.25) is 5.91 Å². The molecule has 2 aliphatic rings. The SMILES string of the molecule is CC(C)(C(=O)NC1CCN2CCCCC12)c1ccccc1F. The van der Waals surface area contributed by atoms with Crippen LogP contribution in [0.2, 0.25) is 0 Å². The van der Waals surface area contributed by atoms with Crippen molar-refractivity contribution < 1.29 is 9.18 Å². The molecular weight excluding hydrogens is 279 g/mol. The smallest absolute Gasteiger partial charge is 0.230 e. The number of rotatable bonds is 3. The minimum Gasteiger partial charge on any atom is -0.351 e. The second-order valence-electron chi connectivity index (χ2n) is 7.07. The molecule has 2 heterocycles. The summed E-state index contributed by atoms with van der Waals surface area (Å²) >= 11 is 0. The van der Waals surface area contributed by atoms with E-state index in [0.717, 1.165) is 25.9 Å². The molecule has 1 amide bonds. The Morgan fingerprint density at radius 1 is 1.23 bits per heavy atom. The fourth-order valence-electron chi connectivity index (χ4n) is 3.85. The summed E-state index contributed by atoms with van der Waals surface area (Å²) in [6, 6.07) is 7.24. The number of piperidine rings is 1. The molecule has 0 saturated carbocycles. The summed E-state index contributed by atoms with van der Waals surface area (Å²) in [5.41, 5.74) is -0.390. The van der Waals surface area contributed by atoms with Gasteiger partial charge < -0.3 is 5.32 Å². The summed E-state index contributed by atoms with van der Waals surface area (Å²) in [6.45, 7) is 5.81. The van der Waals surface area contributed by atoms with E-state index in [-0.39, 0.29) is 17.8 Å². The van der Waals surface area contributed by atoms with Crippen LogP contribution in [0.15, 0.2) is 24.3 Å². The number of nitrogens with zero attached hydrogens (tertiary/aromatic N) is 1. The van der Waals surface area contributed by atoms with Crippen LogP contribution in [0, 0.1) is 5.82 Å². The van der Waals surface area contributed by atoms with Crippen molar-refractivity contribution in [3.63, 3.8) is 0 Å². The Morgan fingerprint density at radius 2 is 2.00 bits per heavy atom. The van der Waals surface area contributed by atoms with Gasteiger partial charge in [0.1, 0.15) is 5.82 Å². The molecule has 22 heavy (non-hydrogen) atoms. The average Bonchev–Trinajstić information content (AvgIpc) is 2.91. The van der Waals surface area contributed by atoms with Gasteiger partial charge in [-0.15, -0.1) is 0 Å². The second kappa shape index (κ2) is 5.99. The van der Waals surface area contributed by atoms with Gasteiger partial charge in [-0.2, -0.15) is 0 Å². The van der Waals surface area contributed by atoms with Crippen molar-refractivity contribution in [3.05, 3.63) is 35.6 Å². The van der Waals surface area contributed by atoms with Gasteiger partial charge >= 0.3 is 0 Å². The van der Waals surface area contributed by atoms with Crippen LogP contribution in [0.1, 0.15) is 45.1 Å². The van der Waals surface area contributed by atoms with E-state index < -0.39 is 5.41 Å². The van der Waals surface area contributed by atoms with Crippen LogP contribution in [-0.2, 0) is 10.2 Å². The molecule has 2 aliphatic heterocycles. The number of carbonyl (C=O) groups is 1. The topological polar surface area (TPSA) is 32.3 Å². The maximum absolute atomic E-state index is 14.0. The summed E-state index contributed by atoms with van der Waals surface area (Å²) in [7, 11) is 0. The fourth-order valence-corrected chi connectivity index (χ4v) is 3.85. The highest BCUT2D eigenvalue weighted by Crippen LogP contribution is 2.30. The minimum atomic E-state index is -0.854. The Labute approximate surface area is 131 Å². The molecule has 2 saturated heterocycles. The van der Waals surface area contributed by atoms with Crippen molar-refractivity contribution in [2.45, 2.75) is 57.0 Å². The third-order valence-electron chi connectivity index (χ3n) is 5.29. The number of halogens is 1. The van der Waals surface area contributed by atoms with Crippen LogP contribution in [-0.4, -0.2) is 36.0 Å². The van der Waals surface area contributed by atoms with Crippen LogP contribution >= 0.6 is 0 Å². The molecule has 120 valence electrons. The molecule has 1 N–H and O–H groups in total. The molecule has 0 aliphatic carbocycles. The molecule has 4 heteroatoms. The van der Waals surface area contributed by atoms with Crippen molar-refractivity contribution in [1.82, 2.24) is 10.2 Å². The minimum absolute atomic E-state index is 0.0741. The van der Waals surface area contributed by atoms with Gasteiger partial charge in [-0.05, 0) is 45.7 Å². The van der Waals surface area contributed by atoms with Crippen LogP contribution in [0.5, 0.6) is 0 Å². The largest absolute Gasteiger partial charge is 0.351 e. The van der Waals surface area contributed by atoms with E-state index in [9.17, 15) is 9.18 Å². The van der Waals surface area contributed by atoms with E-state index >= 15 is 0 Å². The highest BCUT2D eigenvalue weighted by Gasteiger charge is 2.39. The molecule has 2 unspecified atom stereocenters. The summed E-state index contributed by atoms with van der Waals surface area (Å²) in [6.07, 6.45) is 4.66. The van der Waals surface area contributed by atoms with Crippen LogP contribution in [0.25, 0.3) is 0 Å². The third-order valence-corrected chi connectivity index (χ3v) is 5.29. The quantitative estimate of drug-likeness (QED) is 0.931. The van der Waals surface area contributed by atoms with E-state index in [4.69, 9.17) is 0 Å². The Morgan fingerprint density at radius 3 is 2.77 bits per heavy atom. The predicted molar refractivity (Wildman–Crippen MR) is 85.2 cm³/mol. The van der Waals surface area contributed by atoms with Gasteiger partial charge in [-0.25, -0.2) is 4.39 Å². The van der Waals surface area contributed by atoms with Crippen LogP contribution in [0.3, 0.4) is 0 Å². The van der Waals surface area contributed by atoms with E-state index in [1.807, 2.05) is 0 Å². The van der Waals surface area contributed by atoms with E-state index in [1.165, 1.54) is 18.9 Å². The Kier molecular flexibility index (Phi) is 4.22. The summed E-state index contributed by atoms with van der Waals surface area (Å²) < 4.78 is 14.0. The van der Waals surface area contributed by atoms with Crippen molar-refractivity contribution in [1.29, 1.82) is 0 Å². The van der Waals surface area contributed by atoms with Crippen LogP contribution < -0.4 is 5.32 Å². The van der Waals surface area contributed by atoms with Gasteiger partial charge in [0.05, 0.1) is 5.41 Å². The van der Waals surface area contributed by atoms with Gasteiger partial charge in [0.15, 0.2) is 0 Å². The van der Waals surface area contributed by atoms with E-state index in [0.29, 0.717) is 11.6 Å². The Hall–Kier alpha value is -1.42. The molecule has 2 fully saturated rings. The monoisotopic (exact) mass is 304 g/mol. The first-order valence-electron chi connectivity index (χ1n) is 8.30. The molecule has 1 aromatic carbocycles. The molecule has 3 nitrogen and oxygen atoms in total. The van der Waals surface area contributed by atoms with Crippen molar-refractivity contribution in [2.24, 2.45) is 0 Å².